The van der Waals surface area contributed by atoms with Crippen LogP contribution in [0.15, 0.2) is 29.1 Å². The third-order valence-electron chi connectivity index (χ3n) is 4.03. The number of fused-ring (bicyclic) bond motifs is 1. The number of rotatable bonds is 4. The van der Waals surface area contributed by atoms with E-state index in [-0.39, 0.29) is 24.2 Å². The minimum atomic E-state index is -0.188. The van der Waals surface area contributed by atoms with Crippen molar-refractivity contribution < 1.29 is 9.53 Å². The van der Waals surface area contributed by atoms with Gasteiger partial charge in [0.15, 0.2) is 6.61 Å². The number of aryl methyl sites for hydroxylation is 2. The summed E-state index contributed by atoms with van der Waals surface area (Å²) in [5.74, 6) is 1.14. The van der Waals surface area contributed by atoms with E-state index in [1.807, 2.05) is 0 Å². The summed E-state index contributed by atoms with van der Waals surface area (Å²) in [5.41, 5.74) is -0.110. The van der Waals surface area contributed by atoms with Crippen molar-refractivity contribution in [1.82, 2.24) is 19.7 Å². The predicted molar refractivity (Wildman–Crippen MR) is 89.3 cm³/mol. The molecule has 8 heteroatoms. The molecule has 128 valence electrons. The Bertz CT molecular complexity index is 799. The van der Waals surface area contributed by atoms with E-state index >= 15 is 0 Å². The van der Waals surface area contributed by atoms with Gasteiger partial charge in [-0.15, -0.1) is 0 Å². The molecule has 1 atom stereocenters. The second kappa shape index (κ2) is 7.09. The largest absolute Gasteiger partial charge is 0.484 e. The van der Waals surface area contributed by atoms with E-state index < -0.39 is 0 Å². The number of carbonyl (C=O) groups excluding carboxylic acids is 1. The fraction of sp³-hybridized carbons (Fsp3) is 0.438. The lowest BCUT2D eigenvalue weighted by molar-refractivity contribution is -0.123. The molecule has 0 aliphatic carbocycles. The van der Waals surface area contributed by atoms with Gasteiger partial charge in [0.1, 0.15) is 11.6 Å². The van der Waals surface area contributed by atoms with Crippen molar-refractivity contribution in [1.29, 1.82) is 0 Å². The maximum Gasteiger partial charge on any atom is 0.345 e. The Morgan fingerprint density at radius 3 is 3.08 bits per heavy atom. The molecule has 0 saturated heterocycles. The molecule has 1 aromatic heterocycles. The van der Waals surface area contributed by atoms with E-state index in [0.717, 1.165) is 12.2 Å². The van der Waals surface area contributed by atoms with Gasteiger partial charge in [-0.2, -0.15) is 5.10 Å². The molecule has 3 rings (SSSR count). The number of hydrogen-bond donors (Lipinski definition) is 1. The van der Waals surface area contributed by atoms with Crippen molar-refractivity contribution >= 4 is 17.5 Å². The number of aromatic nitrogens is 3. The molecule has 1 unspecified atom stereocenters. The summed E-state index contributed by atoms with van der Waals surface area (Å²) in [5, 5.41) is 7.74. The first-order valence-electron chi connectivity index (χ1n) is 7.83. The summed E-state index contributed by atoms with van der Waals surface area (Å²) in [6.07, 6.45) is 2.11. The smallest absolute Gasteiger partial charge is 0.345 e. The van der Waals surface area contributed by atoms with Gasteiger partial charge in [-0.05, 0) is 31.0 Å². The van der Waals surface area contributed by atoms with Crippen molar-refractivity contribution in [2.24, 2.45) is 7.05 Å². The fourth-order valence-corrected chi connectivity index (χ4v) is 3.00. The Kier molecular flexibility index (Phi) is 4.89. The molecule has 0 fully saturated rings. The van der Waals surface area contributed by atoms with Gasteiger partial charge in [0, 0.05) is 31.1 Å². The second-order valence-corrected chi connectivity index (χ2v) is 6.25. The van der Waals surface area contributed by atoms with Gasteiger partial charge in [0.2, 0.25) is 0 Å². The molecule has 1 aromatic carbocycles. The summed E-state index contributed by atoms with van der Waals surface area (Å²) >= 11 is 5.88. The number of amides is 1. The lowest BCUT2D eigenvalue weighted by atomic mass is 10.1. The van der Waals surface area contributed by atoms with Crippen molar-refractivity contribution in [2.75, 3.05) is 6.61 Å². The van der Waals surface area contributed by atoms with E-state index in [1.54, 1.807) is 35.9 Å². The molecule has 24 heavy (non-hydrogen) atoms. The van der Waals surface area contributed by atoms with Gasteiger partial charge >= 0.3 is 5.69 Å². The average Bonchev–Trinajstić information content (AvgIpc) is 2.71. The van der Waals surface area contributed by atoms with Crippen LogP contribution in [0.1, 0.15) is 18.7 Å². The first-order chi connectivity index (χ1) is 11.5. The van der Waals surface area contributed by atoms with Gasteiger partial charge in [0.05, 0.1) is 0 Å². The van der Waals surface area contributed by atoms with Crippen LogP contribution in [0.3, 0.4) is 0 Å². The highest BCUT2D eigenvalue weighted by Crippen LogP contribution is 2.17. The molecule has 0 bridgehead atoms. The normalized spacial score (nSPS) is 17.0. The highest BCUT2D eigenvalue weighted by atomic mass is 35.5. The maximum atomic E-state index is 12.1. The molecule has 7 nitrogen and oxygen atoms in total. The summed E-state index contributed by atoms with van der Waals surface area (Å²) in [6.45, 7) is 0.491. The zero-order valence-corrected chi connectivity index (χ0v) is 14.1. The number of ether oxygens (including phenoxy) is 1. The molecule has 1 amide bonds. The van der Waals surface area contributed by atoms with Crippen LogP contribution >= 0.6 is 11.6 Å². The van der Waals surface area contributed by atoms with Crippen LogP contribution < -0.4 is 15.7 Å². The van der Waals surface area contributed by atoms with Crippen LogP contribution in [0, 0.1) is 0 Å². The van der Waals surface area contributed by atoms with Gasteiger partial charge < -0.3 is 10.1 Å². The Morgan fingerprint density at radius 2 is 2.29 bits per heavy atom. The van der Waals surface area contributed by atoms with Crippen LogP contribution in [0.2, 0.25) is 5.02 Å². The average molecular weight is 351 g/mol. The van der Waals surface area contributed by atoms with Crippen molar-refractivity contribution in [3.05, 3.63) is 45.6 Å². The van der Waals surface area contributed by atoms with Gasteiger partial charge in [-0.1, -0.05) is 17.7 Å². The summed E-state index contributed by atoms with van der Waals surface area (Å²) < 4.78 is 8.47. The zero-order valence-electron chi connectivity index (χ0n) is 13.4. The number of carbonyl (C=O) groups is 1. The van der Waals surface area contributed by atoms with Crippen molar-refractivity contribution in [3.8, 4) is 5.75 Å². The standard InChI is InChI=1S/C16H19ClN4O3/c1-20-16(23)21-8-7-12(5-6-14(21)19-20)18-15(22)10-24-13-4-2-3-11(17)9-13/h2-4,9,12H,5-8,10H2,1H3,(H,18,22). The third-order valence-corrected chi connectivity index (χ3v) is 4.27. The van der Waals surface area contributed by atoms with E-state index in [4.69, 9.17) is 16.3 Å². The molecule has 1 aliphatic rings. The highest BCUT2D eigenvalue weighted by molar-refractivity contribution is 6.30. The number of nitrogens with one attached hydrogen (secondary N) is 1. The Labute approximate surface area is 144 Å². The Hall–Kier alpha value is -2.28. The zero-order chi connectivity index (χ0) is 17.1. The summed E-state index contributed by atoms with van der Waals surface area (Å²) in [4.78, 5) is 24.0. The summed E-state index contributed by atoms with van der Waals surface area (Å²) in [6, 6.07) is 6.93. The van der Waals surface area contributed by atoms with Crippen LogP contribution in [-0.2, 0) is 24.8 Å². The molecular formula is C16H19ClN4O3. The van der Waals surface area contributed by atoms with Crippen LogP contribution in [0.25, 0.3) is 0 Å². The van der Waals surface area contributed by atoms with Gasteiger partial charge in [-0.25, -0.2) is 9.48 Å². The molecule has 2 heterocycles. The third kappa shape index (κ3) is 3.79. The monoisotopic (exact) mass is 350 g/mol. The summed E-state index contributed by atoms with van der Waals surface area (Å²) in [7, 11) is 1.65. The molecule has 0 spiro atoms. The van der Waals surface area contributed by atoms with Crippen molar-refractivity contribution in [3.63, 3.8) is 0 Å². The molecule has 1 aliphatic heterocycles. The Balaban J connectivity index is 1.51. The molecular weight excluding hydrogens is 332 g/mol. The molecule has 2 aromatic rings. The first-order valence-corrected chi connectivity index (χ1v) is 8.21. The SMILES string of the molecule is Cn1nc2n(c1=O)CCC(NC(=O)COc1cccc(Cl)c1)CC2. The second-order valence-electron chi connectivity index (χ2n) is 5.81. The van der Waals surface area contributed by atoms with Crippen LogP contribution in [-0.4, -0.2) is 32.9 Å². The number of hydrogen-bond acceptors (Lipinski definition) is 4. The molecule has 1 N–H and O–H groups in total. The highest BCUT2D eigenvalue weighted by Gasteiger charge is 2.21. The van der Waals surface area contributed by atoms with Crippen molar-refractivity contribution in [2.45, 2.75) is 31.8 Å². The maximum absolute atomic E-state index is 12.1. The number of nitrogens with zero attached hydrogens (tertiary/aromatic N) is 3. The molecule has 0 radical (unpaired) electrons. The van der Waals surface area contributed by atoms with Crippen LogP contribution in [0.5, 0.6) is 5.75 Å². The lowest BCUT2D eigenvalue weighted by Crippen LogP contribution is -2.38. The topological polar surface area (TPSA) is 78.2 Å². The fourth-order valence-electron chi connectivity index (χ4n) is 2.82. The minimum Gasteiger partial charge on any atom is -0.484 e. The van der Waals surface area contributed by atoms with Crippen LogP contribution in [0.4, 0.5) is 0 Å². The van der Waals surface area contributed by atoms with E-state index in [2.05, 4.69) is 10.4 Å². The number of halogens is 1. The van der Waals surface area contributed by atoms with E-state index in [1.165, 1.54) is 4.68 Å². The predicted octanol–water partition coefficient (Wildman–Crippen LogP) is 1.14. The molecule has 0 saturated carbocycles. The number of benzene rings is 1. The Morgan fingerprint density at radius 1 is 1.46 bits per heavy atom. The quantitative estimate of drug-likeness (QED) is 0.896. The lowest BCUT2D eigenvalue weighted by Gasteiger charge is -2.16. The van der Waals surface area contributed by atoms with E-state index in [9.17, 15) is 9.59 Å². The van der Waals surface area contributed by atoms with Gasteiger partial charge in [-0.3, -0.25) is 9.36 Å². The minimum absolute atomic E-state index is 0.00636. The first kappa shape index (κ1) is 16.6. The van der Waals surface area contributed by atoms with E-state index in [0.29, 0.717) is 30.2 Å². The van der Waals surface area contributed by atoms with Gasteiger partial charge in [0.25, 0.3) is 5.91 Å².